The highest BCUT2D eigenvalue weighted by molar-refractivity contribution is 5.98. The van der Waals surface area contributed by atoms with Crippen LogP contribution in [0.5, 0.6) is 0 Å². The van der Waals surface area contributed by atoms with E-state index in [9.17, 15) is 9.18 Å². The fourth-order valence-corrected chi connectivity index (χ4v) is 1.84. The normalized spacial score (nSPS) is 10.4. The number of aryl methyl sites for hydroxylation is 1. The van der Waals surface area contributed by atoms with Gasteiger partial charge >= 0.3 is 0 Å². The number of amides is 1. The first kappa shape index (κ1) is 15.0. The molecule has 0 bridgehead atoms. The largest absolute Gasteiger partial charge is 0.465 e. The van der Waals surface area contributed by atoms with E-state index in [1.54, 1.807) is 6.07 Å². The summed E-state index contributed by atoms with van der Waals surface area (Å²) >= 11 is 0. The van der Waals surface area contributed by atoms with Gasteiger partial charge in [0.05, 0.1) is 18.3 Å². The number of pyridine rings is 1. The third kappa shape index (κ3) is 4.05. The number of rotatable bonds is 6. The lowest BCUT2D eigenvalue weighted by molar-refractivity contribution is 0.0948. The molecule has 112 valence electrons. The molecule has 2 N–H and O–H groups in total. The van der Waals surface area contributed by atoms with Gasteiger partial charge < -0.3 is 15.1 Å². The summed E-state index contributed by atoms with van der Waals surface area (Å²) in [4.78, 5) is 16.1. The molecule has 0 saturated heterocycles. The third-order valence-corrected chi connectivity index (χ3v) is 2.86. The molecular formula is C15H18FN3O2. The predicted octanol–water partition coefficient (Wildman–Crippen LogP) is 2.87. The SMILES string of the molecule is CCCNc1ncc(F)cc1C(=O)NCc1ccc(C)o1. The molecule has 2 aromatic rings. The Morgan fingerprint density at radius 3 is 2.90 bits per heavy atom. The molecule has 0 radical (unpaired) electrons. The molecule has 0 aliphatic heterocycles. The highest BCUT2D eigenvalue weighted by atomic mass is 19.1. The topological polar surface area (TPSA) is 67.2 Å². The minimum absolute atomic E-state index is 0.187. The van der Waals surface area contributed by atoms with Crippen LogP contribution < -0.4 is 10.6 Å². The van der Waals surface area contributed by atoms with E-state index in [0.717, 1.165) is 18.4 Å². The van der Waals surface area contributed by atoms with Crippen molar-refractivity contribution in [2.45, 2.75) is 26.8 Å². The summed E-state index contributed by atoms with van der Waals surface area (Å²) in [6, 6.07) is 4.78. The van der Waals surface area contributed by atoms with Gasteiger partial charge in [-0.05, 0) is 31.5 Å². The Balaban J connectivity index is 2.08. The zero-order valence-electron chi connectivity index (χ0n) is 12.1. The molecule has 0 atom stereocenters. The van der Waals surface area contributed by atoms with Crippen LogP contribution in [0.1, 0.15) is 35.2 Å². The summed E-state index contributed by atoms with van der Waals surface area (Å²) in [6.45, 7) is 4.73. The van der Waals surface area contributed by atoms with Gasteiger partial charge in [-0.2, -0.15) is 0 Å². The van der Waals surface area contributed by atoms with Gasteiger partial charge in [0.15, 0.2) is 0 Å². The number of nitrogens with one attached hydrogen (secondary N) is 2. The van der Waals surface area contributed by atoms with Crippen LogP contribution in [0.4, 0.5) is 10.2 Å². The van der Waals surface area contributed by atoms with E-state index in [2.05, 4.69) is 15.6 Å². The van der Waals surface area contributed by atoms with Crippen LogP contribution in [0.15, 0.2) is 28.8 Å². The van der Waals surface area contributed by atoms with E-state index in [0.29, 0.717) is 18.1 Å². The van der Waals surface area contributed by atoms with Crippen LogP contribution in [-0.4, -0.2) is 17.4 Å². The number of nitrogens with zero attached hydrogens (tertiary/aromatic N) is 1. The van der Waals surface area contributed by atoms with Gasteiger partial charge in [0.1, 0.15) is 23.2 Å². The Morgan fingerprint density at radius 2 is 2.24 bits per heavy atom. The van der Waals surface area contributed by atoms with Gasteiger partial charge in [-0.15, -0.1) is 0 Å². The van der Waals surface area contributed by atoms with Gasteiger partial charge in [-0.3, -0.25) is 4.79 Å². The van der Waals surface area contributed by atoms with E-state index in [-0.39, 0.29) is 12.1 Å². The molecule has 2 heterocycles. The quantitative estimate of drug-likeness (QED) is 0.858. The summed E-state index contributed by atoms with van der Waals surface area (Å²) in [5.74, 6) is 0.863. The minimum atomic E-state index is -0.545. The lowest BCUT2D eigenvalue weighted by Crippen LogP contribution is -2.24. The van der Waals surface area contributed by atoms with E-state index < -0.39 is 11.7 Å². The van der Waals surface area contributed by atoms with Gasteiger partial charge in [-0.1, -0.05) is 6.92 Å². The second kappa shape index (κ2) is 6.88. The van der Waals surface area contributed by atoms with Gasteiger partial charge in [0.2, 0.25) is 0 Å². The van der Waals surface area contributed by atoms with Crippen LogP contribution in [-0.2, 0) is 6.54 Å². The third-order valence-electron chi connectivity index (χ3n) is 2.86. The van der Waals surface area contributed by atoms with Crippen molar-refractivity contribution in [3.8, 4) is 0 Å². The van der Waals surface area contributed by atoms with Crippen molar-refractivity contribution in [2.75, 3.05) is 11.9 Å². The number of carbonyl (C=O) groups excluding carboxylic acids is 1. The fourth-order valence-electron chi connectivity index (χ4n) is 1.84. The number of anilines is 1. The average molecular weight is 291 g/mol. The van der Waals surface area contributed by atoms with Crippen LogP contribution in [0, 0.1) is 12.7 Å². The first-order valence-corrected chi connectivity index (χ1v) is 6.83. The highest BCUT2D eigenvalue weighted by Crippen LogP contribution is 2.14. The standard InChI is InChI=1S/C15H18FN3O2/c1-3-6-17-14-13(7-11(16)8-18-14)15(20)19-9-12-5-4-10(2)21-12/h4-5,7-8H,3,6,9H2,1-2H3,(H,17,18)(H,19,20). The van der Waals surface area contributed by atoms with Crippen molar-refractivity contribution in [1.29, 1.82) is 0 Å². The number of hydrogen-bond acceptors (Lipinski definition) is 4. The maximum atomic E-state index is 13.3. The summed E-state index contributed by atoms with van der Waals surface area (Å²) in [6.07, 6.45) is 1.97. The predicted molar refractivity (Wildman–Crippen MR) is 77.6 cm³/mol. The zero-order valence-corrected chi connectivity index (χ0v) is 12.1. The number of hydrogen-bond donors (Lipinski definition) is 2. The molecule has 0 aliphatic carbocycles. The van der Waals surface area contributed by atoms with Gasteiger partial charge in [0.25, 0.3) is 5.91 Å². The van der Waals surface area contributed by atoms with E-state index in [1.165, 1.54) is 6.07 Å². The van der Waals surface area contributed by atoms with E-state index >= 15 is 0 Å². The number of furan rings is 1. The van der Waals surface area contributed by atoms with E-state index in [1.807, 2.05) is 19.9 Å². The van der Waals surface area contributed by atoms with Crippen molar-refractivity contribution >= 4 is 11.7 Å². The first-order chi connectivity index (χ1) is 10.1. The molecular weight excluding hydrogens is 273 g/mol. The molecule has 0 saturated carbocycles. The maximum Gasteiger partial charge on any atom is 0.255 e. The van der Waals surface area contributed by atoms with Crippen molar-refractivity contribution in [2.24, 2.45) is 0 Å². The number of halogens is 1. The fraction of sp³-hybridized carbons (Fsp3) is 0.333. The molecule has 21 heavy (non-hydrogen) atoms. The smallest absolute Gasteiger partial charge is 0.255 e. The minimum Gasteiger partial charge on any atom is -0.465 e. The Morgan fingerprint density at radius 1 is 1.43 bits per heavy atom. The Kier molecular flexibility index (Phi) is 4.92. The summed E-state index contributed by atoms with van der Waals surface area (Å²) in [5, 5.41) is 5.70. The first-order valence-electron chi connectivity index (χ1n) is 6.83. The summed E-state index contributed by atoms with van der Waals surface area (Å²) in [7, 11) is 0. The highest BCUT2D eigenvalue weighted by Gasteiger charge is 2.14. The summed E-state index contributed by atoms with van der Waals surface area (Å²) in [5.41, 5.74) is 0.187. The molecule has 0 spiro atoms. The van der Waals surface area contributed by atoms with Crippen LogP contribution in [0.3, 0.4) is 0 Å². The molecule has 0 aliphatic rings. The van der Waals surface area contributed by atoms with Crippen molar-refractivity contribution in [1.82, 2.24) is 10.3 Å². The average Bonchev–Trinajstić information content (AvgIpc) is 2.89. The zero-order chi connectivity index (χ0) is 15.2. The number of carbonyl (C=O) groups is 1. The van der Waals surface area contributed by atoms with Gasteiger partial charge in [0, 0.05) is 6.54 Å². The molecule has 5 nitrogen and oxygen atoms in total. The summed E-state index contributed by atoms with van der Waals surface area (Å²) < 4.78 is 18.7. The van der Waals surface area contributed by atoms with E-state index in [4.69, 9.17) is 4.42 Å². The second-order valence-electron chi connectivity index (χ2n) is 4.67. The molecule has 6 heteroatoms. The van der Waals surface area contributed by atoms with Crippen LogP contribution in [0.25, 0.3) is 0 Å². The molecule has 1 amide bonds. The van der Waals surface area contributed by atoms with Crippen molar-refractivity contribution in [3.05, 3.63) is 47.3 Å². The molecule has 2 rings (SSSR count). The lowest BCUT2D eigenvalue weighted by Gasteiger charge is -2.10. The molecule has 0 aromatic carbocycles. The molecule has 0 fully saturated rings. The lowest BCUT2D eigenvalue weighted by atomic mass is 10.2. The second-order valence-corrected chi connectivity index (χ2v) is 4.67. The van der Waals surface area contributed by atoms with Crippen LogP contribution in [0.2, 0.25) is 0 Å². The molecule has 2 aromatic heterocycles. The van der Waals surface area contributed by atoms with Crippen molar-refractivity contribution < 1.29 is 13.6 Å². The Bertz CT molecular complexity index is 625. The van der Waals surface area contributed by atoms with Gasteiger partial charge in [-0.25, -0.2) is 9.37 Å². The Hall–Kier alpha value is -2.37. The monoisotopic (exact) mass is 291 g/mol. The van der Waals surface area contributed by atoms with Crippen LogP contribution >= 0.6 is 0 Å². The molecule has 0 unspecified atom stereocenters. The number of aromatic nitrogens is 1. The Labute approximate surface area is 122 Å². The van der Waals surface area contributed by atoms with Crippen molar-refractivity contribution in [3.63, 3.8) is 0 Å². The maximum absolute atomic E-state index is 13.3.